The number of alkyl halides is 1. The van der Waals surface area contributed by atoms with Gasteiger partial charge in [0, 0.05) is 28.2 Å². The Balaban J connectivity index is 1.67. The number of amides is 1. The van der Waals surface area contributed by atoms with Crippen LogP contribution >= 0.6 is 11.6 Å². The zero-order valence-electron chi connectivity index (χ0n) is 15.2. The molecule has 1 atom stereocenters. The van der Waals surface area contributed by atoms with Gasteiger partial charge in [-0.25, -0.2) is 22.6 Å². The minimum absolute atomic E-state index is 0.00505. The van der Waals surface area contributed by atoms with Crippen LogP contribution in [0.15, 0.2) is 47.5 Å². The monoisotopic (exact) mass is 436 g/mol. The Bertz CT molecular complexity index is 1210. The van der Waals surface area contributed by atoms with Gasteiger partial charge in [0.1, 0.15) is 0 Å². The lowest BCUT2D eigenvalue weighted by Gasteiger charge is -2.08. The molecule has 0 bridgehead atoms. The normalized spacial score (nSPS) is 15.4. The first-order valence-corrected chi connectivity index (χ1v) is 10.9. The Labute approximate surface area is 171 Å². The summed E-state index contributed by atoms with van der Waals surface area (Å²) in [5, 5.41) is 12.8. The maximum Gasteiger partial charge on any atom is 0.238 e. The number of carbonyl (C=O) groups is 1. The first-order chi connectivity index (χ1) is 13.7. The van der Waals surface area contributed by atoms with Gasteiger partial charge in [-0.3, -0.25) is 4.79 Å². The number of carbonyl (C=O) groups excluding carboxylic acids is 1. The smallest absolute Gasteiger partial charge is 0.238 e. The largest absolute Gasteiger partial charge is 0.326 e. The highest BCUT2D eigenvalue weighted by Gasteiger charge is 2.33. The van der Waals surface area contributed by atoms with Gasteiger partial charge in [0.15, 0.2) is 6.30 Å². The lowest BCUT2D eigenvalue weighted by Crippen LogP contribution is -2.16. The number of aromatic nitrogens is 2. The molecule has 0 saturated heterocycles. The second kappa shape index (κ2) is 7.40. The average molecular weight is 437 g/mol. The van der Waals surface area contributed by atoms with Gasteiger partial charge in [-0.15, -0.1) is 0 Å². The molecule has 1 saturated carbocycles. The minimum Gasteiger partial charge on any atom is -0.326 e. The summed E-state index contributed by atoms with van der Waals surface area (Å²) < 4.78 is 39.7. The van der Waals surface area contributed by atoms with Gasteiger partial charge < -0.3 is 5.32 Å². The Hall–Kier alpha value is -2.49. The Kier molecular flexibility index (Phi) is 5.05. The number of rotatable bonds is 6. The third kappa shape index (κ3) is 4.26. The van der Waals surface area contributed by atoms with Crippen molar-refractivity contribution in [2.75, 3.05) is 5.32 Å². The van der Waals surface area contributed by atoms with Crippen LogP contribution in [0.2, 0.25) is 5.02 Å². The fourth-order valence-electron chi connectivity index (χ4n) is 3.15. The van der Waals surface area contributed by atoms with E-state index in [1.807, 2.05) is 0 Å². The van der Waals surface area contributed by atoms with Crippen LogP contribution in [0, 0.1) is 5.92 Å². The molecule has 1 unspecified atom stereocenters. The number of halogens is 2. The summed E-state index contributed by atoms with van der Waals surface area (Å²) in [5.74, 6) is -0.504. The van der Waals surface area contributed by atoms with E-state index in [2.05, 4.69) is 10.4 Å². The first-order valence-electron chi connectivity index (χ1n) is 8.95. The maximum absolute atomic E-state index is 14.4. The molecule has 4 rings (SSSR count). The van der Waals surface area contributed by atoms with E-state index in [0.717, 1.165) is 17.5 Å². The van der Waals surface area contributed by atoms with E-state index in [0.29, 0.717) is 10.6 Å². The molecule has 3 aromatic rings. The number of nitrogens with zero attached hydrogens (tertiary/aromatic N) is 2. The second-order valence-electron chi connectivity index (χ2n) is 7.09. The average Bonchev–Trinajstić information content (AvgIpc) is 3.40. The number of fused-ring (bicyclic) bond motifs is 1. The fourth-order valence-corrected chi connectivity index (χ4v) is 4.11. The van der Waals surface area contributed by atoms with E-state index < -0.39 is 22.2 Å². The van der Waals surface area contributed by atoms with Crippen molar-refractivity contribution >= 4 is 44.1 Å². The van der Waals surface area contributed by atoms with E-state index in [9.17, 15) is 17.6 Å². The molecule has 0 radical (unpaired) electrons. The quantitative estimate of drug-likeness (QED) is 0.617. The first kappa shape index (κ1) is 19.8. The van der Waals surface area contributed by atoms with Crippen LogP contribution in [0.3, 0.4) is 0 Å². The topological polar surface area (TPSA) is 107 Å². The lowest BCUT2D eigenvalue weighted by molar-refractivity contribution is -0.115. The standard InChI is InChI=1S/C19H18ClFN4O3S/c20-15-4-2-1-3-12(15)7-18(26)23-13-8-16-14(17(9-13)29(22,27)28)10-25(24-16)19(21)11-5-6-11/h1-4,8-11,19H,5-7H2,(H,23,26)(H2,22,27,28). The van der Waals surface area contributed by atoms with E-state index in [-0.39, 0.29) is 33.8 Å². The summed E-state index contributed by atoms with van der Waals surface area (Å²) in [4.78, 5) is 12.2. The molecule has 0 spiro atoms. The van der Waals surface area contributed by atoms with Crippen molar-refractivity contribution in [3.8, 4) is 0 Å². The molecular weight excluding hydrogens is 419 g/mol. The number of hydrogen-bond acceptors (Lipinski definition) is 4. The number of nitrogens with one attached hydrogen (secondary N) is 1. The van der Waals surface area contributed by atoms with Crippen LogP contribution in [0.5, 0.6) is 0 Å². The molecule has 0 aliphatic heterocycles. The number of anilines is 1. The second-order valence-corrected chi connectivity index (χ2v) is 9.02. The number of benzene rings is 2. The van der Waals surface area contributed by atoms with E-state index in [1.54, 1.807) is 24.3 Å². The molecule has 7 nitrogen and oxygen atoms in total. The van der Waals surface area contributed by atoms with Crippen molar-refractivity contribution in [1.82, 2.24) is 9.78 Å². The lowest BCUT2D eigenvalue weighted by atomic mass is 10.1. The molecule has 29 heavy (non-hydrogen) atoms. The maximum atomic E-state index is 14.4. The predicted octanol–water partition coefficient (Wildman–Crippen LogP) is 3.40. The third-order valence-electron chi connectivity index (χ3n) is 4.77. The number of sulfonamides is 1. The highest BCUT2D eigenvalue weighted by molar-refractivity contribution is 7.89. The third-order valence-corrected chi connectivity index (χ3v) is 6.09. The molecule has 1 aromatic heterocycles. The van der Waals surface area contributed by atoms with Crippen LogP contribution < -0.4 is 10.5 Å². The molecule has 1 amide bonds. The van der Waals surface area contributed by atoms with Crippen molar-refractivity contribution in [2.24, 2.45) is 11.1 Å². The fraction of sp³-hybridized carbons (Fsp3) is 0.263. The van der Waals surface area contributed by atoms with Crippen molar-refractivity contribution in [1.29, 1.82) is 0 Å². The van der Waals surface area contributed by atoms with Gasteiger partial charge >= 0.3 is 0 Å². The summed E-state index contributed by atoms with van der Waals surface area (Å²) in [6.45, 7) is 0. The summed E-state index contributed by atoms with van der Waals surface area (Å²) in [5.41, 5.74) is 1.06. The summed E-state index contributed by atoms with van der Waals surface area (Å²) in [6.07, 6.45) is 1.55. The zero-order valence-corrected chi connectivity index (χ0v) is 16.8. The molecule has 10 heteroatoms. The highest BCUT2D eigenvalue weighted by atomic mass is 35.5. The van der Waals surface area contributed by atoms with Crippen LogP contribution in [-0.4, -0.2) is 24.1 Å². The SMILES string of the molecule is NS(=O)(=O)c1cc(NC(=O)Cc2ccccc2Cl)cc2nn(C(F)C3CC3)cc12. The van der Waals surface area contributed by atoms with Crippen molar-refractivity contribution < 1.29 is 17.6 Å². The summed E-state index contributed by atoms with van der Waals surface area (Å²) in [7, 11) is -4.12. The van der Waals surface area contributed by atoms with Gasteiger partial charge in [-0.05, 0) is 36.6 Å². The van der Waals surface area contributed by atoms with E-state index >= 15 is 0 Å². The van der Waals surface area contributed by atoms with Crippen LogP contribution in [-0.2, 0) is 21.2 Å². The molecule has 1 fully saturated rings. The minimum atomic E-state index is -4.12. The Morgan fingerprint density at radius 1 is 1.34 bits per heavy atom. The summed E-state index contributed by atoms with van der Waals surface area (Å²) in [6, 6.07) is 9.66. The number of nitrogens with two attached hydrogens (primary N) is 1. The van der Waals surface area contributed by atoms with Crippen LogP contribution in [0.1, 0.15) is 24.7 Å². The molecule has 1 aliphatic carbocycles. The van der Waals surface area contributed by atoms with Gasteiger partial charge in [0.05, 0.1) is 16.8 Å². The summed E-state index contributed by atoms with van der Waals surface area (Å²) >= 11 is 6.07. The van der Waals surface area contributed by atoms with Gasteiger partial charge in [0.25, 0.3) is 0 Å². The van der Waals surface area contributed by atoms with E-state index in [4.69, 9.17) is 16.7 Å². The molecule has 3 N–H and O–H groups in total. The number of primary sulfonamides is 1. The van der Waals surface area contributed by atoms with Gasteiger partial charge in [-0.2, -0.15) is 5.10 Å². The van der Waals surface area contributed by atoms with Crippen molar-refractivity contribution in [3.05, 3.63) is 53.2 Å². The Morgan fingerprint density at radius 2 is 2.07 bits per heavy atom. The molecule has 152 valence electrons. The highest BCUT2D eigenvalue weighted by Crippen LogP contribution is 2.41. The van der Waals surface area contributed by atoms with E-state index in [1.165, 1.54) is 18.3 Å². The molecule has 1 heterocycles. The van der Waals surface area contributed by atoms with Gasteiger partial charge in [-0.1, -0.05) is 29.8 Å². The van der Waals surface area contributed by atoms with Crippen LogP contribution in [0.4, 0.5) is 10.1 Å². The molecule has 2 aromatic carbocycles. The molecular formula is C19H18ClFN4O3S. The van der Waals surface area contributed by atoms with Gasteiger partial charge in [0.2, 0.25) is 15.9 Å². The predicted molar refractivity (Wildman–Crippen MR) is 108 cm³/mol. The van der Waals surface area contributed by atoms with Crippen LogP contribution in [0.25, 0.3) is 10.9 Å². The van der Waals surface area contributed by atoms with Crippen molar-refractivity contribution in [2.45, 2.75) is 30.5 Å². The Morgan fingerprint density at radius 3 is 2.72 bits per heavy atom. The molecule has 1 aliphatic rings. The van der Waals surface area contributed by atoms with Crippen molar-refractivity contribution in [3.63, 3.8) is 0 Å². The zero-order chi connectivity index (χ0) is 20.8. The number of hydrogen-bond donors (Lipinski definition) is 2.